The third-order valence-electron chi connectivity index (χ3n) is 4.33. The lowest BCUT2D eigenvalue weighted by Gasteiger charge is -2.19. The molecule has 8 heteroatoms. The zero-order valence-corrected chi connectivity index (χ0v) is 15.1. The molecule has 0 bridgehead atoms. The molecule has 146 valence electrons. The SMILES string of the molecule is CC(=O)NC(CCC(CCC(=O)O)COc1c[nH]c2ccccc12)C(=O)O. The summed E-state index contributed by atoms with van der Waals surface area (Å²) in [6.07, 6.45) is 2.71. The smallest absolute Gasteiger partial charge is 0.326 e. The number of para-hydroxylation sites is 1. The van der Waals surface area contributed by atoms with Crippen LogP contribution in [0.3, 0.4) is 0 Å². The summed E-state index contributed by atoms with van der Waals surface area (Å²) in [4.78, 5) is 36.4. The number of carbonyl (C=O) groups excluding carboxylic acids is 1. The Labute approximate surface area is 156 Å². The number of H-pyrrole nitrogens is 1. The fourth-order valence-corrected chi connectivity index (χ4v) is 2.92. The molecule has 0 aliphatic rings. The Balaban J connectivity index is 1.99. The van der Waals surface area contributed by atoms with Gasteiger partial charge in [-0.1, -0.05) is 12.1 Å². The van der Waals surface area contributed by atoms with Gasteiger partial charge in [0.05, 0.1) is 6.61 Å². The minimum atomic E-state index is -1.11. The number of nitrogens with one attached hydrogen (secondary N) is 2. The number of fused-ring (bicyclic) bond motifs is 1. The Bertz CT molecular complexity index is 800. The average Bonchev–Trinajstić information content (AvgIpc) is 3.02. The van der Waals surface area contributed by atoms with Crippen molar-refractivity contribution in [3.05, 3.63) is 30.5 Å². The quantitative estimate of drug-likeness (QED) is 0.477. The fourth-order valence-electron chi connectivity index (χ4n) is 2.92. The van der Waals surface area contributed by atoms with Crippen molar-refractivity contribution in [3.8, 4) is 5.75 Å². The van der Waals surface area contributed by atoms with Crippen LogP contribution in [-0.2, 0) is 14.4 Å². The van der Waals surface area contributed by atoms with Crippen LogP contribution in [0.4, 0.5) is 0 Å². The maximum Gasteiger partial charge on any atom is 0.326 e. The van der Waals surface area contributed by atoms with E-state index in [0.29, 0.717) is 18.6 Å². The number of ether oxygens (including phenoxy) is 1. The Morgan fingerprint density at radius 2 is 1.89 bits per heavy atom. The van der Waals surface area contributed by atoms with Crippen molar-refractivity contribution in [2.75, 3.05) is 6.61 Å². The van der Waals surface area contributed by atoms with Crippen molar-refractivity contribution in [3.63, 3.8) is 0 Å². The zero-order chi connectivity index (χ0) is 19.8. The molecule has 4 N–H and O–H groups in total. The highest BCUT2D eigenvalue weighted by Crippen LogP contribution is 2.26. The molecule has 0 aliphatic carbocycles. The van der Waals surface area contributed by atoms with E-state index in [1.54, 1.807) is 6.20 Å². The van der Waals surface area contributed by atoms with Gasteiger partial charge in [0.2, 0.25) is 5.91 Å². The number of carbonyl (C=O) groups is 3. The first-order chi connectivity index (χ1) is 12.9. The molecule has 1 aromatic heterocycles. The predicted molar refractivity (Wildman–Crippen MR) is 98.6 cm³/mol. The Kier molecular flexibility index (Phi) is 7.22. The van der Waals surface area contributed by atoms with Crippen molar-refractivity contribution in [1.82, 2.24) is 10.3 Å². The van der Waals surface area contributed by atoms with Crippen LogP contribution in [-0.4, -0.2) is 45.7 Å². The number of aliphatic carboxylic acids is 2. The molecule has 2 aromatic rings. The topological polar surface area (TPSA) is 129 Å². The summed E-state index contributed by atoms with van der Waals surface area (Å²) in [6, 6.07) is 6.66. The van der Waals surface area contributed by atoms with E-state index in [-0.39, 0.29) is 25.4 Å². The van der Waals surface area contributed by atoms with Crippen LogP contribution in [0.15, 0.2) is 30.5 Å². The first-order valence-electron chi connectivity index (χ1n) is 8.77. The molecule has 27 heavy (non-hydrogen) atoms. The number of benzene rings is 1. The Morgan fingerprint density at radius 1 is 1.15 bits per heavy atom. The van der Waals surface area contributed by atoms with Gasteiger partial charge in [-0.15, -0.1) is 0 Å². The zero-order valence-electron chi connectivity index (χ0n) is 15.1. The van der Waals surface area contributed by atoms with Crippen LogP contribution in [0.1, 0.15) is 32.6 Å². The molecule has 0 saturated heterocycles. The number of carboxylic acid groups (broad SMARTS) is 2. The number of amides is 1. The van der Waals surface area contributed by atoms with Gasteiger partial charge in [0.1, 0.15) is 11.8 Å². The number of hydrogen-bond acceptors (Lipinski definition) is 4. The van der Waals surface area contributed by atoms with Gasteiger partial charge in [0, 0.05) is 30.4 Å². The van der Waals surface area contributed by atoms with Gasteiger partial charge in [0.25, 0.3) is 0 Å². The largest absolute Gasteiger partial charge is 0.491 e. The molecule has 1 heterocycles. The maximum atomic E-state index is 11.3. The van der Waals surface area contributed by atoms with E-state index in [1.807, 2.05) is 24.3 Å². The third-order valence-corrected chi connectivity index (χ3v) is 4.33. The summed E-state index contributed by atoms with van der Waals surface area (Å²) < 4.78 is 5.87. The molecule has 0 spiro atoms. The molecule has 0 saturated carbocycles. The van der Waals surface area contributed by atoms with Gasteiger partial charge >= 0.3 is 11.9 Å². The van der Waals surface area contributed by atoms with Gasteiger partial charge in [-0.2, -0.15) is 0 Å². The molecule has 2 atom stereocenters. The number of rotatable bonds is 11. The van der Waals surface area contributed by atoms with Crippen LogP contribution >= 0.6 is 0 Å². The average molecular weight is 376 g/mol. The fraction of sp³-hybridized carbons (Fsp3) is 0.421. The van der Waals surface area contributed by atoms with Crippen LogP contribution in [0, 0.1) is 5.92 Å². The number of aromatic amines is 1. The highest BCUT2D eigenvalue weighted by molar-refractivity contribution is 5.86. The van der Waals surface area contributed by atoms with Crippen LogP contribution in [0.2, 0.25) is 0 Å². The van der Waals surface area contributed by atoms with E-state index in [2.05, 4.69) is 10.3 Å². The molecule has 8 nitrogen and oxygen atoms in total. The van der Waals surface area contributed by atoms with E-state index in [0.717, 1.165) is 10.9 Å². The number of hydrogen-bond donors (Lipinski definition) is 4. The minimum absolute atomic E-state index is 0.0280. The summed E-state index contributed by atoms with van der Waals surface area (Å²) in [7, 11) is 0. The van der Waals surface area contributed by atoms with E-state index in [9.17, 15) is 19.5 Å². The lowest BCUT2D eigenvalue weighted by molar-refractivity contribution is -0.142. The van der Waals surface area contributed by atoms with Crippen molar-refractivity contribution in [1.29, 1.82) is 0 Å². The molecule has 2 rings (SSSR count). The first-order valence-corrected chi connectivity index (χ1v) is 8.77. The van der Waals surface area contributed by atoms with Gasteiger partial charge in [0.15, 0.2) is 0 Å². The summed E-state index contributed by atoms with van der Waals surface area (Å²) in [5, 5.41) is 21.5. The molecule has 0 fully saturated rings. The van der Waals surface area contributed by atoms with Gasteiger partial charge in [-0.05, 0) is 37.3 Å². The van der Waals surface area contributed by atoms with Crippen molar-refractivity contribution < 1.29 is 29.3 Å². The standard InChI is InChI=1S/C19H24N2O6/c1-12(22)21-16(19(25)26)8-6-13(7-9-18(23)24)11-27-17-10-20-15-5-3-2-4-14(15)17/h2-5,10,13,16,20H,6-9,11H2,1H3,(H,21,22)(H,23,24)(H,25,26). The summed E-state index contributed by atoms with van der Waals surface area (Å²) in [5.41, 5.74) is 0.936. The summed E-state index contributed by atoms with van der Waals surface area (Å²) in [5.74, 6) is -1.92. The molecule has 0 radical (unpaired) electrons. The van der Waals surface area contributed by atoms with Crippen molar-refractivity contribution in [2.24, 2.45) is 5.92 Å². The molecule has 2 unspecified atom stereocenters. The third kappa shape index (κ3) is 6.32. The van der Waals surface area contributed by atoms with Gasteiger partial charge < -0.3 is 25.3 Å². The van der Waals surface area contributed by atoms with Crippen LogP contribution < -0.4 is 10.1 Å². The first kappa shape index (κ1) is 20.3. The monoisotopic (exact) mass is 376 g/mol. The summed E-state index contributed by atoms with van der Waals surface area (Å²) >= 11 is 0. The van der Waals surface area contributed by atoms with Crippen molar-refractivity contribution in [2.45, 2.75) is 38.6 Å². The van der Waals surface area contributed by atoms with E-state index >= 15 is 0 Å². The molecule has 0 aliphatic heterocycles. The van der Waals surface area contributed by atoms with Gasteiger partial charge in [-0.25, -0.2) is 4.79 Å². The maximum absolute atomic E-state index is 11.3. The van der Waals surface area contributed by atoms with Crippen LogP contribution in [0.25, 0.3) is 10.9 Å². The number of carboxylic acids is 2. The highest BCUT2D eigenvalue weighted by atomic mass is 16.5. The molecule has 1 aromatic carbocycles. The number of aromatic nitrogens is 1. The lowest BCUT2D eigenvalue weighted by atomic mass is 9.95. The Morgan fingerprint density at radius 3 is 2.56 bits per heavy atom. The lowest BCUT2D eigenvalue weighted by Crippen LogP contribution is -2.40. The summed E-state index contributed by atoms with van der Waals surface area (Å²) in [6.45, 7) is 1.53. The second kappa shape index (κ2) is 9.61. The van der Waals surface area contributed by atoms with Crippen molar-refractivity contribution >= 4 is 28.7 Å². The predicted octanol–water partition coefficient (Wildman–Crippen LogP) is 2.40. The minimum Gasteiger partial charge on any atom is -0.491 e. The molecular formula is C19H24N2O6. The highest BCUT2D eigenvalue weighted by Gasteiger charge is 2.21. The Hall–Kier alpha value is -3.03. The molecule has 1 amide bonds. The van der Waals surface area contributed by atoms with E-state index in [1.165, 1.54) is 6.92 Å². The second-order valence-electron chi connectivity index (χ2n) is 6.48. The second-order valence-corrected chi connectivity index (χ2v) is 6.48. The normalized spacial score (nSPS) is 13.1. The van der Waals surface area contributed by atoms with Gasteiger partial charge in [-0.3, -0.25) is 9.59 Å². The van der Waals surface area contributed by atoms with E-state index < -0.39 is 23.9 Å². The molecular weight excluding hydrogens is 352 g/mol. The van der Waals surface area contributed by atoms with E-state index in [4.69, 9.17) is 9.84 Å². The van der Waals surface area contributed by atoms with Crippen LogP contribution in [0.5, 0.6) is 5.75 Å².